The first-order valence-corrected chi connectivity index (χ1v) is 7.50. The summed E-state index contributed by atoms with van der Waals surface area (Å²) in [6.07, 6.45) is -0.873. The summed E-state index contributed by atoms with van der Waals surface area (Å²) in [5.41, 5.74) is -2.69. The molecular formula is C18H22O6. The fourth-order valence-electron chi connectivity index (χ4n) is 1.77. The quantitative estimate of drug-likeness (QED) is 0.551. The van der Waals surface area contributed by atoms with Crippen LogP contribution < -0.4 is 0 Å². The zero-order chi connectivity index (χ0) is 18.7. The molecule has 1 aromatic rings. The van der Waals surface area contributed by atoms with Crippen LogP contribution in [0.4, 0.5) is 0 Å². The van der Waals surface area contributed by atoms with E-state index in [1.807, 2.05) is 0 Å². The molecule has 0 heterocycles. The van der Waals surface area contributed by atoms with E-state index in [4.69, 9.17) is 0 Å². The van der Waals surface area contributed by atoms with Crippen LogP contribution in [0.1, 0.15) is 61.3 Å². The third kappa shape index (κ3) is 5.47. The summed E-state index contributed by atoms with van der Waals surface area (Å²) in [5.74, 6) is -2.12. The molecule has 0 spiro atoms. The average Bonchev–Trinajstić information content (AvgIpc) is 2.45. The number of hydrogen-bond donors (Lipinski definition) is 2. The number of Topliss-reactive ketones (excluding diaryl/α,β-unsaturated/α-hetero) is 4. The molecule has 24 heavy (non-hydrogen) atoms. The highest BCUT2D eigenvalue weighted by Gasteiger charge is 2.27. The second kappa shape index (κ2) is 7.15. The predicted molar refractivity (Wildman–Crippen MR) is 86.9 cm³/mol. The van der Waals surface area contributed by atoms with Crippen LogP contribution in [0.3, 0.4) is 0 Å². The van der Waals surface area contributed by atoms with Crippen molar-refractivity contribution < 1.29 is 29.4 Å². The Bertz CT molecular complexity index is 597. The van der Waals surface area contributed by atoms with Gasteiger partial charge >= 0.3 is 0 Å². The fourth-order valence-corrected chi connectivity index (χ4v) is 1.77. The molecule has 6 heteroatoms. The fraction of sp³-hybridized carbons (Fsp3) is 0.444. The van der Waals surface area contributed by atoms with E-state index in [1.54, 1.807) is 0 Å². The highest BCUT2D eigenvalue weighted by atomic mass is 16.3. The van der Waals surface area contributed by atoms with Crippen molar-refractivity contribution in [2.24, 2.45) is 0 Å². The molecule has 6 nitrogen and oxygen atoms in total. The Kier molecular flexibility index (Phi) is 5.92. The van der Waals surface area contributed by atoms with Gasteiger partial charge in [-0.3, -0.25) is 19.2 Å². The van der Waals surface area contributed by atoms with Crippen molar-refractivity contribution in [1.29, 1.82) is 0 Å². The van der Waals surface area contributed by atoms with Gasteiger partial charge in [-0.25, -0.2) is 0 Å². The zero-order valence-corrected chi connectivity index (χ0v) is 14.3. The molecule has 0 saturated carbocycles. The number of hydrogen-bond acceptors (Lipinski definition) is 6. The van der Waals surface area contributed by atoms with E-state index in [2.05, 4.69) is 0 Å². The number of rotatable bonds is 8. The summed E-state index contributed by atoms with van der Waals surface area (Å²) >= 11 is 0. The summed E-state index contributed by atoms with van der Waals surface area (Å²) in [6.45, 7) is 5.24. The van der Waals surface area contributed by atoms with Gasteiger partial charge in [-0.15, -0.1) is 0 Å². The number of carbonyl (C=O) groups excluding carboxylic acids is 4. The first-order valence-electron chi connectivity index (χ1n) is 7.50. The maximum absolute atomic E-state index is 12.0. The van der Waals surface area contributed by atoms with E-state index in [-0.39, 0.29) is 11.1 Å². The molecule has 0 atom stereocenters. The van der Waals surface area contributed by atoms with Crippen LogP contribution in [0.2, 0.25) is 0 Å². The number of carbonyl (C=O) groups is 4. The Morgan fingerprint density at radius 2 is 0.958 bits per heavy atom. The van der Waals surface area contributed by atoms with Crippen LogP contribution >= 0.6 is 0 Å². The molecule has 130 valence electrons. The minimum absolute atomic E-state index is 0.234. The van der Waals surface area contributed by atoms with Crippen molar-refractivity contribution in [2.45, 2.75) is 51.7 Å². The molecule has 0 aliphatic heterocycles. The average molecular weight is 334 g/mol. The zero-order valence-electron chi connectivity index (χ0n) is 14.3. The van der Waals surface area contributed by atoms with Crippen molar-refractivity contribution in [3.05, 3.63) is 35.4 Å². The Morgan fingerprint density at radius 3 is 1.17 bits per heavy atom. The maximum atomic E-state index is 12.0. The molecular weight excluding hydrogens is 312 g/mol. The van der Waals surface area contributed by atoms with Crippen LogP contribution in [-0.2, 0) is 9.59 Å². The number of benzene rings is 1. The summed E-state index contributed by atoms with van der Waals surface area (Å²) in [7, 11) is 0. The molecule has 0 aliphatic carbocycles. The molecule has 0 aromatic heterocycles. The lowest BCUT2D eigenvalue weighted by atomic mass is 9.94. The second-order valence-electron chi connectivity index (χ2n) is 6.74. The Balaban J connectivity index is 2.79. The van der Waals surface area contributed by atoms with Crippen LogP contribution in [-0.4, -0.2) is 44.5 Å². The normalized spacial score (nSPS) is 11.9. The van der Waals surface area contributed by atoms with Crippen LogP contribution in [0.25, 0.3) is 0 Å². The van der Waals surface area contributed by atoms with E-state index < -0.39 is 47.2 Å². The van der Waals surface area contributed by atoms with Crippen molar-refractivity contribution in [3.63, 3.8) is 0 Å². The highest BCUT2D eigenvalue weighted by Crippen LogP contribution is 2.14. The molecule has 0 amide bonds. The predicted octanol–water partition coefficient (Wildman–Crippen LogP) is 1.51. The van der Waals surface area contributed by atoms with Crippen LogP contribution in [0.15, 0.2) is 24.3 Å². The van der Waals surface area contributed by atoms with E-state index in [1.165, 1.54) is 52.0 Å². The van der Waals surface area contributed by atoms with E-state index in [9.17, 15) is 29.4 Å². The van der Waals surface area contributed by atoms with Gasteiger partial charge in [0.25, 0.3) is 0 Å². The van der Waals surface area contributed by atoms with Gasteiger partial charge in [-0.2, -0.15) is 0 Å². The smallest absolute Gasteiger partial charge is 0.171 e. The molecule has 2 N–H and O–H groups in total. The molecule has 0 bridgehead atoms. The lowest BCUT2D eigenvalue weighted by Crippen LogP contribution is -2.33. The van der Waals surface area contributed by atoms with Crippen LogP contribution in [0.5, 0.6) is 0 Å². The molecule has 0 radical (unpaired) electrons. The molecule has 1 rings (SSSR count). The molecule has 0 unspecified atom stereocenters. The largest absolute Gasteiger partial charge is 0.383 e. The van der Waals surface area contributed by atoms with Gasteiger partial charge in [0.05, 0.1) is 12.8 Å². The van der Waals surface area contributed by atoms with E-state index >= 15 is 0 Å². The Morgan fingerprint density at radius 1 is 0.708 bits per heavy atom. The van der Waals surface area contributed by atoms with Gasteiger partial charge in [0.1, 0.15) is 11.2 Å². The summed E-state index contributed by atoms with van der Waals surface area (Å²) in [4.78, 5) is 47.3. The Labute approximate surface area is 140 Å². The second-order valence-corrected chi connectivity index (χ2v) is 6.74. The summed E-state index contributed by atoms with van der Waals surface area (Å²) < 4.78 is 0. The van der Waals surface area contributed by atoms with Crippen molar-refractivity contribution in [3.8, 4) is 0 Å². The molecule has 0 saturated heterocycles. The first kappa shape index (κ1) is 19.9. The third-order valence-electron chi connectivity index (χ3n) is 3.54. The van der Waals surface area contributed by atoms with Gasteiger partial charge in [0.2, 0.25) is 0 Å². The standard InChI is InChI=1S/C18H22O6/c1-17(2,23)15(21)9-13(19)11-5-7-12(8-6-11)14(20)10-16(22)18(3,4)24/h5-8,23-24H,9-10H2,1-4H3. The number of ketones is 4. The minimum Gasteiger partial charge on any atom is -0.383 e. The topological polar surface area (TPSA) is 109 Å². The van der Waals surface area contributed by atoms with Crippen LogP contribution in [0, 0.1) is 0 Å². The molecule has 0 fully saturated rings. The van der Waals surface area contributed by atoms with Gasteiger partial charge < -0.3 is 10.2 Å². The third-order valence-corrected chi connectivity index (χ3v) is 3.54. The van der Waals surface area contributed by atoms with Gasteiger partial charge in [-0.05, 0) is 27.7 Å². The first-order chi connectivity index (χ1) is 10.8. The van der Waals surface area contributed by atoms with Gasteiger partial charge in [0.15, 0.2) is 23.1 Å². The van der Waals surface area contributed by atoms with Gasteiger partial charge in [0, 0.05) is 11.1 Å². The van der Waals surface area contributed by atoms with Crippen molar-refractivity contribution >= 4 is 23.1 Å². The lowest BCUT2D eigenvalue weighted by molar-refractivity contribution is -0.133. The lowest BCUT2D eigenvalue weighted by Gasteiger charge is -2.15. The highest BCUT2D eigenvalue weighted by molar-refractivity contribution is 6.12. The van der Waals surface area contributed by atoms with E-state index in [0.29, 0.717) is 0 Å². The number of aliphatic hydroxyl groups is 2. The SMILES string of the molecule is CC(C)(O)C(=O)CC(=O)c1ccc(C(=O)CC(=O)C(C)(C)O)cc1. The van der Waals surface area contributed by atoms with Gasteiger partial charge in [-0.1, -0.05) is 24.3 Å². The molecule has 1 aromatic carbocycles. The summed E-state index contributed by atoms with van der Waals surface area (Å²) in [6, 6.07) is 5.56. The monoisotopic (exact) mass is 334 g/mol. The summed E-state index contributed by atoms with van der Waals surface area (Å²) in [5, 5.41) is 19.1. The van der Waals surface area contributed by atoms with Crippen molar-refractivity contribution in [2.75, 3.05) is 0 Å². The Hall–Kier alpha value is -2.18. The van der Waals surface area contributed by atoms with E-state index in [0.717, 1.165) is 0 Å². The maximum Gasteiger partial charge on any atom is 0.171 e. The molecule has 0 aliphatic rings. The minimum atomic E-state index is -1.58. The van der Waals surface area contributed by atoms with Crippen molar-refractivity contribution in [1.82, 2.24) is 0 Å².